The van der Waals surface area contributed by atoms with Gasteiger partial charge in [0, 0.05) is 0 Å². The van der Waals surface area contributed by atoms with Gasteiger partial charge in [-0.2, -0.15) is 8.78 Å². The first-order chi connectivity index (χ1) is 5.82. The molecule has 0 saturated carbocycles. The first-order valence-electron chi connectivity index (χ1n) is 2.78. The van der Waals surface area contributed by atoms with Gasteiger partial charge in [0.25, 0.3) is 0 Å². The second kappa shape index (κ2) is 3.69. The third-order valence-electron chi connectivity index (χ3n) is 1.05. The molecule has 8 heteroatoms. The Morgan fingerprint density at radius 2 is 1.62 bits per heavy atom. The van der Waals surface area contributed by atoms with Gasteiger partial charge in [0.15, 0.2) is 10.8 Å². The highest BCUT2D eigenvalue weighted by atomic mass is 35.5. The van der Waals surface area contributed by atoms with E-state index >= 15 is 0 Å². The van der Waals surface area contributed by atoms with E-state index in [9.17, 15) is 8.78 Å². The van der Waals surface area contributed by atoms with E-state index in [1.54, 1.807) is 0 Å². The molecule has 0 fully saturated rings. The lowest BCUT2D eigenvalue weighted by molar-refractivity contribution is 0.0900. The van der Waals surface area contributed by atoms with E-state index in [4.69, 9.17) is 34.8 Å². The smallest absolute Gasteiger partial charge is 0.213 e. The van der Waals surface area contributed by atoms with E-state index in [2.05, 4.69) is 21.6 Å². The molecule has 1 heterocycles. The van der Waals surface area contributed by atoms with E-state index in [1.165, 1.54) is 0 Å². The van der Waals surface area contributed by atoms with Gasteiger partial charge in [-0.05, 0) is 23.2 Å². The number of alkyl halides is 3. The van der Waals surface area contributed by atoms with Crippen LogP contribution in [0.2, 0.25) is 15.5 Å². The molecule has 0 aliphatic rings. The van der Waals surface area contributed by atoms with Crippen LogP contribution >= 0.6 is 46.4 Å². The fraction of sp³-hybridized carbons (Fsp3) is 0.200. The maximum absolute atomic E-state index is 12.5. The summed E-state index contributed by atoms with van der Waals surface area (Å²) < 4.78 is 25.1. The van der Waals surface area contributed by atoms with Gasteiger partial charge in [0.2, 0.25) is 5.28 Å². The highest BCUT2D eigenvalue weighted by Crippen LogP contribution is 2.38. The average Bonchev–Trinajstić information content (AvgIpc) is 1.94. The van der Waals surface area contributed by atoms with Crippen molar-refractivity contribution in [3.8, 4) is 0 Å². The monoisotopic (exact) mass is 266 g/mol. The number of halogens is 6. The Balaban J connectivity index is 3.37. The third-order valence-corrected chi connectivity index (χ3v) is 2.13. The van der Waals surface area contributed by atoms with Crippen LogP contribution in [-0.2, 0) is 5.38 Å². The van der Waals surface area contributed by atoms with Crippen molar-refractivity contribution in [2.24, 2.45) is 0 Å². The molecule has 1 rings (SSSR count). The number of aromatic nitrogens is 2. The Labute approximate surface area is 91.8 Å². The lowest BCUT2D eigenvalue weighted by Crippen LogP contribution is -2.08. The zero-order chi connectivity index (χ0) is 10.2. The number of nitrogens with zero attached hydrogens (tertiary/aromatic N) is 2. The van der Waals surface area contributed by atoms with E-state index in [0.717, 1.165) is 0 Å². The van der Waals surface area contributed by atoms with Gasteiger partial charge in [-0.25, -0.2) is 9.97 Å². The molecule has 0 amide bonds. The maximum Gasteiger partial charge on any atom is 0.366 e. The van der Waals surface area contributed by atoms with Crippen molar-refractivity contribution >= 4 is 46.4 Å². The summed E-state index contributed by atoms with van der Waals surface area (Å²) >= 11 is 20.7. The number of hydrogen-bond acceptors (Lipinski definition) is 2. The maximum atomic E-state index is 12.5. The molecule has 72 valence electrons. The molecule has 1 aromatic rings. The first kappa shape index (κ1) is 11.2. The van der Waals surface area contributed by atoms with E-state index in [-0.39, 0.29) is 5.15 Å². The Hall–Kier alpha value is 0.1000. The summed E-state index contributed by atoms with van der Waals surface area (Å²) in [6.45, 7) is 0. The Morgan fingerprint density at radius 3 is 2.08 bits per heavy atom. The predicted molar refractivity (Wildman–Crippen MR) is 46.8 cm³/mol. The highest BCUT2D eigenvalue weighted by Gasteiger charge is 2.34. The lowest BCUT2D eigenvalue weighted by Gasteiger charge is -2.09. The summed E-state index contributed by atoms with van der Waals surface area (Å²) in [7, 11) is 0. The first-order valence-corrected chi connectivity index (χ1v) is 4.29. The SMILES string of the molecule is FC(F)(Cl)c1nc(Cl)nc(Cl)c1Cl. The van der Waals surface area contributed by atoms with Crippen molar-refractivity contribution in [2.75, 3.05) is 0 Å². The largest absolute Gasteiger partial charge is 0.366 e. The van der Waals surface area contributed by atoms with E-state index in [1.807, 2.05) is 0 Å². The lowest BCUT2D eigenvalue weighted by atomic mass is 10.4. The second-order valence-corrected chi connectivity index (χ2v) is 3.49. The van der Waals surface area contributed by atoms with Crippen LogP contribution in [0.5, 0.6) is 0 Å². The van der Waals surface area contributed by atoms with Crippen molar-refractivity contribution in [3.05, 3.63) is 21.2 Å². The van der Waals surface area contributed by atoms with Crippen LogP contribution in [-0.4, -0.2) is 9.97 Å². The normalized spacial score (nSPS) is 11.8. The standard InChI is InChI=1S/C5Cl4F2N2/c6-1-2(5(9,10)11)12-4(8)13-3(1)7. The molecule has 1 aromatic heterocycles. The molecule has 0 unspecified atom stereocenters. The molecule has 0 N–H and O–H groups in total. The molecule has 0 aliphatic heterocycles. The predicted octanol–water partition coefficient (Wildman–Crippen LogP) is 3.72. The molecule has 13 heavy (non-hydrogen) atoms. The molecular formula is C5Cl4F2N2. The number of hydrogen-bond donors (Lipinski definition) is 0. The van der Waals surface area contributed by atoms with Gasteiger partial charge < -0.3 is 0 Å². The number of rotatable bonds is 1. The molecule has 0 saturated heterocycles. The van der Waals surface area contributed by atoms with Gasteiger partial charge in [0.1, 0.15) is 5.02 Å². The minimum atomic E-state index is -3.71. The summed E-state index contributed by atoms with van der Waals surface area (Å²) in [4.78, 5) is 6.50. The minimum Gasteiger partial charge on any atom is -0.213 e. The molecule has 0 atom stereocenters. The Bertz CT molecular complexity index is 338. The highest BCUT2D eigenvalue weighted by molar-refractivity contribution is 6.42. The van der Waals surface area contributed by atoms with Gasteiger partial charge in [-0.15, -0.1) is 0 Å². The van der Waals surface area contributed by atoms with Crippen molar-refractivity contribution < 1.29 is 8.78 Å². The summed E-state index contributed by atoms with van der Waals surface area (Å²) in [6, 6.07) is 0. The Morgan fingerprint density at radius 1 is 1.08 bits per heavy atom. The van der Waals surface area contributed by atoms with Gasteiger partial charge in [0.05, 0.1) is 0 Å². The topological polar surface area (TPSA) is 25.8 Å². The summed E-state index contributed by atoms with van der Waals surface area (Å²) in [5.41, 5.74) is -0.902. The quantitative estimate of drug-likeness (QED) is 0.440. The fourth-order valence-corrected chi connectivity index (χ4v) is 1.35. The Kier molecular flexibility index (Phi) is 3.17. The van der Waals surface area contributed by atoms with Crippen LogP contribution < -0.4 is 0 Å². The second-order valence-electron chi connectivity index (χ2n) is 1.94. The molecular weight excluding hydrogens is 268 g/mol. The molecule has 0 aliphatic carbocycles. The zero-order valence-electron chi connectivity index (χ0n) is 5.66. The van der Waals surface area contributed by atoms with Gasteiger partial charge in [-0.3, -0.25) is 0 Å². The molecule has 0 aromatic carbocycles. The zero-order valence-corrected chi connectivity index (χ0v) is 8.69. The van der Waals surface area contributed by atoms with Gasteiger partial charge >= 0.3 is 5.38 Å². The molecule has 0 radical (unpaired) electrons. The van der Waals surface area contributed by atoms with Crippen molar-refractivity contribution in [2.45, 2.75) is 5.38 Å². The summed E-state index contributed by atoms with van der Waals surface area (Å²) in [6.07, 6.45) is 0. The van der Waals surface area contributed by atoms with Crippen LogP contribution in [0.15, 0.2) is 0 Å². The van der Waals surface area contributed by atoms with Crippen molar-refractivity contribution in [3.63, 3.8) is 0 Å². The van der Waals surface area contributed by atoms with Gasteiger partial charge in [-0.1, -0.05) is 23.2 Å². The van der Waals surface area contributed by atoms with Crippen LogP contribution in [0.25, 0.3) is 0 Å². The molecule has 0 spiro atoms. The summed E-state index contributed by atoms with van der Waals surface area (Å²) in [5.74, 6) is 0. The van der Waals surface area contributed by atoms with Crippen molar-refractivity contribution in [1.29, 1.82) is 0 Å². The van der Waals surface area contributed by atoms with E-state index < -0.39 is 21.4 Å². The third kappa shape index (κ3) is 2.53. The van der Waals surface area contributed by atoms with Crippen LogP contribution in [0, 0.1) is 0 Å². The van der Waals surface area contributed by atoms with E-state index in [0.29, 0.717) is 0 Å². The summed E-state index contributed by atoms with van der Waals surface area (Å²) in [5, 5.41) is -5.03. The molecule has 2 nitrogen and oxygen atoms in total. The van der Waals surface area contributed by atoms with Crippen LogP contribution in [0.4, 0.5) is 8.78 Å². The van der Waals surface area contributed by atoms with Crippen molar-refractivity contribution in [1.82, 2.24) is 9.97 Å². The molecule has 0 bridgehead atoms. The van der Waals surface area contributed by atoms with Crippen LogP contribution in [0.1, 0.15) is 5.69 Å². The van der Waals surface area contributed by atoms with Crippen LogP contribution in [0.3, 0.4) is 0 Å². The average molecular weight is 268 g/mol. The minimum absolute atomic E-state index is 0.364. The fourth-order valence-electron chi connectivity index (χ4n) is 0.582.